The fourth-order valence-corrected chi connectivity index (χ4v) is 1.08. The lowest BCUT2D eigenvalue weighted by atomic mass is 9.84. The van der Waals surface area contributed by atoms with E-state index < -0.39 is 5.97 Å². The Kier molecular flexibility index (Phi) is 4.11. The SMILES string of the molecule is CC(C)(CCCN)CC(=O)O. The molecule has 0 aliphatic rings. The largest absolute Gasteiger partial charge is 0.481 e. The monoisotopic (exact) mass is 159 g/mol. The number of hydrogen-bond donors (Lipinski definition) is 2. The minimum Gasteiger partial charge on any atom is -0.481 e. The van der Waals surface area contributed by atoms with Crippen molar-refractivity contribution in [1.29, 1.82) is 0 Å². The predicted molar refractivity (Wildman–Crippen MR) is 44.3 cm³/mol. The van der Waals surface area contributed by atoms with Gasteiger partial charge in [0.25, 0.3) is 0 Å². The van der Waals surface area contributed by atoms with Gasteiger partial charge in [0.2, 0.25) is 0 Å². The van der Waals surface area contributed by atoms with Crippen molar-refractivity contribution in [2.24, 2.45) is 11.1 Å². The van der Waals surface area contributed by atoms with Crippen LogP contribution in [-0.4, -0.2) is 17.6 Å². The second kappa shape index (κ2) is 4.34. The molecule has 0 aromatic rings. The Balaban J connectivity index is 3.70. The highest BCUT2D eigenvalue weighted by molar-refractivity contribution is 5.67. The summed E-state index contributed by atoms with van der Waals surface area (Å²) in [7, 11) is 0. The third-order valence-corrected chi connectivity index (χ3v) is 1.69. The number of rotatable bonds is 5. The quantitative estimate of drug-likeness (QED) is 0.634. The van der Waals surface area contributed by atoms with Gasteiger partial charge in [-0.25, -0.2) is 0 Å². The lowest BCUT2D eigenvalue weighted by Crippen LogP contribution is -2.18. The molecule has 0 aliphatic carbocycles. The first-order valence-corrected chi connectivity index (χ1v) is 3.90. The summed E-state index contributed by atoms with van der Waals surface area (Å²) in [5.41, 5.74) is 5.21. The number of carbonyl (C=O) groups is 1. The van der Waals surface area contributed by atoms with Gasteiger partial charge in [0, 0.05) is 0 Å². The minimum absolute atomic E-state index is 0.106. The zero-order valence-corrected chi connectivity index (χ0v) is 7.26. The van der Waals surface area contributed by atoms with Crippen molar-refractivity contribution < 1.29 is 9.90 Å². The summed E-state index contributed by atoms with van der Waals surface area (Å²) in [5, 5.41) is 8.52. The van der Waals surface area contributed by atoms with Gasteiger partial charge in [-0.05, 0) is 24.8 Å². The molecule has 3 nitrogen and oxygen atoms in total. The van der Waals surface area contributed by atoms with Crippen LogP contribution in [0.2, 0.25) is 0 Å². The van der Waals surface area contributed by atoms with Gasteiger partial charge in [0.05, 0.1) is 6.42 Å². The average molecular weight is 159 g/mol. The topological polar surface area (TPSA) is 63.3 Å². The van der Waals surface area contributed by atoms with E-state index in [4.69, 9.17) is 10.8 Å². The molecule has 0 aromatic carbocycles. The molecule has 0 fully saturated rings. The molecule has 0 saturated heterocycles. The van der Waals surface area contributed by atoms with E-state index in [1.165, 1.54) is 0 Å². The van der Waals surface area contributed by atoms with Crippen LogP contribution in [0.4, 0.5) is 0 Å². The molecule has 66 valence electrons. The van der Waals surface area contributed by atoms with Crippen LogP contribution in [-0.2, 0) is 4.79 Å². The second-order valence-electron chi connectivity index (χ2n) is 3.63. The summed E-state index contributed by atoms with van der Waals surface area (Å²) in [6.07, 6.45) is 2.02. The van der Waals surface area contributed by atoms with E-state index in [1.807, 2.05) is 13.8 Å². The van der Waals surface area contributed by atoms with Crippen LogP contribution in [0, 0.1) is 5.41 Å². The van der Waals surface area contributed by atoms with Crippen molar-refractivity contribution >= 4 is 5.97 Å². The Morgan fingerprint density at radius 2 is 2.09 bits per heavy atom. The summed E-state index contributed by atoms with van der Waals surface area (Å²) in [4.78, 5) is 10.3. The highest BCUT2D eigenvalue weighted by atomic mass is 16.4. The van der Waals surface area contributed by atoms with Crippen LogP contribution in [0.1, 0.15) is 33.1 Å². The molecule has 0 bridgehead atoms. The average Bonchev–Trinajstić information content (AvgIpc) is 1.81. The number of carboxylic acids is 1. The Morgan fingerprint density at radius 3 is 2.45 bits per heavy atom. The van der Waals surface area contributed by atoms with E-state index in [9.17, 15) is 4.79 Å². The van der Waals surface area contributed by atoms with Gasteiger partial charge >= 0.3 is 5.97 Å². The first-order chi connectivity index (χ1) is 4.98. The van der Waals surface area contributed by atoms with Crippen molar-refractivity contribution in [3.63, 3.8) is 0 Å². The molecule has 11 heavy (non-hydrogen) atoms. The molecule has 0 aliphatic heterocycles. The molecule has 0 amide bonds. The molecular weight excluding hydrogens is 142 g/mol. The minimum atomic E-state index is -0.730. The van der Waals surface area contributed by atoms with Gasteiger partial charge in [0.15, 0.2) is 0 Å². The van der Waals surface area contributed by atoms with Crippen molar-refractivity contribution in [1.82, 2.24) is 0 Å². The molecule has 0 saturated carbocycles. The lowest BCUT2D eigenvalue weighted by Gasteiger charge is -2.21. The summed E-state index contributed by atoms with van der Waals surface area (Å²) in [5.74, 6) is -0.730. The van der Waals surface area contributed by atoms with Crippen molar-refractivity contribution in [3.8, 4) is 0 Å². The Labute approximate surface area is 67.6 Å². The van der Waals surface area contributed by atoms with Crippen LogP contribution >= 0.6 is 0 Å². The fraction of sp³-hybridized carbons (Fsp3) is 0.875. The Bertz CT molecular complexity index is 132. The van der Waals surface area contributed by atoms with Gasteiger partial charge in [-0.1, -0.05) is 13.8 Å². The maximum absolute atomic E-state index is 10.3. The number of carboxylic acid groups (broad SMARTS) is 1. The molecule has 3 heteroatoms. The van der Waals surface area contributed by atoms with E-state index in [1.54, 1.807) is 0 Å². The van der Waals surface area contributed by atoms with Gasteiger partial charge in [-0.2, -0.15) is 0 Å². The van der Waals surface area contributed by atoms with Crippen LogP contribution in [0.25, 0.3) is 0 Å². The Morgan fingerprint density at radius 1 is 1.55 bits per heavy atom. The summed E-state index contributed by atoms with van der Waals surface area (Å²) in [6.45, 7) is 4.55. The fourth-order valence-electron chi connectivity index (χ4n) is 1.08. The molecule has 0 aromatic heterocycles. The highest BCUT2D eigenvalue weighted by Gasteiger charge is 2.20. The normalized spacial score (nSPS) is 11.5. The molecule has 0 atom stereocenters. The van der Waals surface area contributed by atoms with Crippen LogP contribution in [0.15, 0.2) is 0 Å². The molecule has 0 spiro atoms. The van der Waals surface area contributed by atoms with Crippen molar-refractivity contribution in [2.75, 3.05) is 6.54 Å². The summed E-state index contributed by atoms with van der Waals surface area (Å²) < 4.78 is 0. The molecule has 3 N–H and O–H groups in total. The molecule has 0 unspecified atom stereocenters. The Hall–Kier alpha value is -0.570. The van der Waals surface area contributed by atoms with E-state index >= 15 is 0 Å². The third kappa shape index (κ3) is 5.85. The molecule has 0 heterocycles. The van der Waals surface area contributed by atoms with Gasteiger partial charge in [-0.15, -0.1) is 0 Å². The van der Waals surface area contributed by atoms with Gasteiger partial charge in [0.1, 0.15) is 0 Å². The number of aliphatic carboxylic acids is 1. The molecule has 0 rings (SSSR count). The predicted octanol–water partition coefficient (Wildman–Crippen LogP) is 1.23. The van der Waals surface area contributed by atoms with E-state index in [-0.39, 0.29) is 11.8 Å². The van der Waals surface area contributed by atoms with Crippen LogP contribution in [0.5, 0.6) is 0 Å². The zero-order chi connectivity index (χ0) is 8.91. The molecular formula is C8H17NO2. The first kappa shape index (κ1) is 10.4. The maximum atomic E-state index is 10.3. The van der Waals surface area contributed by atoms with Crippen molar-refractivity contribution in [2.45, 2.75) is 33.1 Å². The summed E-state index contributed by atoms with van der Waals surface area (Å²) >= 11 is 0. The van der Waals surface area contributed by atoms with Crippen LogP contribution in [0.3, 0.4) is 0 Å². The van der Waals surface area contributed by atoms with E-state index in [0.717, 1.165) is 12.8 Å². The lowest BCUT2D eigenvalue weighted by molar-refractivity contribution is -0.139. The van der Waals surface area contributed by atoms with Crippen LogP contribution < -0.4 is 5.73 Å². The van der Waals surface area contributed by atoms with E-state index in [0.29, 0.717) is 6.54 Å². The first-order valence-electron chi connectivity index (χ1n) is 3.90. The second-order valence-corrected chi connectivity index (χ2v) is 3.63. The standard InChI is InChI=1S/C8H17NO2/c1-8(2,4-3-5-9)6-7(10)11/h3-6,9H2,1-2H3,(H,10,11). The zero-order valence-electron chi connectivity index (χ0n) is 7.26. The highest BCUT2D eigenvalue weighted by Crippen LogP contribution is 2.25. The maximum Gasteiger partial charge on any atom is 0.303 e. The van der Waals surface area contributed by atoms with Gasteiger partial charge < -0.3 is 10.8 Å². The molecule has 0 radical (unpaired) electrons. The smallest absolute Gasteiger partial charge is 0.303 e. The van der Waals surface area contributed by atoms with Gasteiger partial charge in [-0.3, -0.25) is 4.79 Å². The van der Waals surface area contributed by atoms with E-state index in [2.05, 4.69) is 0 Å². The number of nitrogens with two attached hydrogens (primary N) is 1. The third-order valence-electron chi connectivity index (χ3n) is 1.69. The number of hydrogen-bond acceptors (Lipinski definition) is 2. The summed E-state index contributed by atoms with van der Waals surface area (Å²) in [6, 6.07) is 0. The van der Waals surface area contributed by atoms with Crippen molar-refractivity contribution in [3.05, 3.63) is 0 Å².